The third-order valence-corrected chi connectivity index (χ3v) is 4.27. The van der Waals surface area contributed by atoms with E-state index in [0.29, 0.717) is 16.8 Å². The van der Waals surface area contributed by atoms with E-state index in [1.165, 1.54) is 6.07 Å². The highest BCUT2D eigenvalue weighted by Gasteiger charge is 2.18. The summed E-state index contributed by atoms with van der Waals surface area (Å²) in [5.41, 5.74) is 2.35. The average Bonchev–Trinajstić information content (AvgIpc) is 2.62. The van der Waals surface area contributed by atoms with E-state index in [4.69, 9.17) is 0 Å². The highest BCUT2D eigenvalue weighted by atomic mass is 16.6. The van der Waals surface area contributed by atoms with Crippen LogP contribution in [0.5, 0.6) is 0 Å². The highest BCUT2D eigenvalue weighted by molar-refractivity contribution is 6.11. The second kappa shape index (κ2) is 8.10. The number of non-ortho nitro benzene ring substituents is 1. The lowest BCUT2D eigenvalue weighted by Crippen LogP contribution is -2.22. The van der Waals surface area contributed by atoms with Crippen LogP contribution in [0.2, 0.25) is 0 Å². The fourth-order valence-electron chi connectivity index (χ4n) is 3.08. The molecule has 6 heteroatoms. The largest absolute Gasteiger partial charge is 0.384 e. The second-order valence-corrected chi connectivity index (χ2v) is 6.81. The Kier molecular flexibility index (Phi) is 5.63. The number of anilines is 1. The minimum Gasteiger partial charge on any atom is -0.384 e. The quantitative estimate of drug-likeness (QED) is 0.273. The zero-order valence-corrected chi connectivity index (χ0v) is 15.2. The Morgan fingerprint density at radius 2 is 1.85 bits per heavy atom. The number of para-hydroxylation sites is 1. The number of aromatic nitrogens is 1. The molecular formula is C20H24N4O2. The van der Waals surface area contributed by atoms with Gasteiger partial charge in [0.15, 0.2) is 0 Å². The van der Waals surface area contributed by atoms with Crippen molar-refractivity contribution in [3.8, 4) is 0 Å². The molecule has 0 aliphatic carbocycles. The van der Waals surface area contributed by atoms with E-state index in [2.05, 4.69) is 29.5 Å². The first-order valence-electron chi connectivity index (χ1n) is 8.98. The van der Waals surface area contributed by atoms with Crippen LogP contribution in [0.1, 0.15) is 20.3 Å². The van der Waals surface area contributed by atoms with Crippen LogP contribution in [0.3, 0.4) is 0 Å². The third kappa shape index (κ3) is 3.91. The maximum atomic E-state index is 11.5. The van der Waals surface area contributed by atoms with Gasteiger partial charge in [0.1, 0.15) is 5.39 Å². The SMILES string of the molecule is CC(C)CNCCCNc1c2ccccc2nc2cccc([N+](=O)[O-])c12. The van der Waals surface area contributed by atoms with Gasteiger partial charge in [-0.2, -0.15) is 0 Å². The van der Waals surface area contributed by atoms with Crippen LogP contribution < -0.4 is 10.6 Å². The summed E-state index contributed by atoms with van der Waals surface area (Å²) in [5.74, 6) is 0.624. The van der Waals surface area contributed by atoms with Crippen LogP contribution in [0, 0.1) is 16.0 Å². The molecule has 2 aromatic carbocycles. The molecule has 26 heavy (non-hydrogen) atoms. The number of nitrogens with one attached hydrogen (secondary N) is 2. The van der Waals surface area contributed by atoms with E-state index < -0.39 is 0 Å². The van der Waals surface area contributed by atoms with E-state index in [-0.39, 0.29) is 10.6 Å². The van der Waals surface area contributed by atoms with Crippen molar-refractivity contribution >= 4 is 33.2 Å². The lowest BCUT2D eigenvalue weighted by Gasteiger charge is -2.14. The first kappa shape index (κ1) is 18.1. The zero-order chi connectivity index (χ0) is 18.5. The third-order valence-electron chi connectivity index (χ3n) is 4.27. The van der Waals surface area contributed by atoms with Gasteiger partial charge in [0, 0.05) is 18.0 Å². The minimum atomic E-state index is -0.339. The molecular weight excluding hydrogens is 328 g/mol. The second-order valence-electron chi connectivity index (χ2n) is 6.81. The number of nitro groups is 1. The number of benzene rings is 2. The topological polar surface area (TPSA) is 80.1 Å². The summed E-state index contributed by atoms with van der Waals surface area (Å²) < 4.78 is 0. The van der Waals surface area contributed by atoms with Gasteiger partial charge in [0.25, 0.3) is 5.69 Å². The zero-order valence-electron chi connectivity index (χ0n) is 15.2. The van der Waals surface area contributed by atoms with Gasteiger partial charge in [-0.05, 0) is 37.6 Å². The summed E-state index contributed by atoms with van der Waals surface area (Å²) in [7, 11) is 0. The summed E-state index contributed by atoms with van der Waals surface area (Å²) in [5, 5.41) is 19.8. The number of hydrogen-bond acceptors (Lipinski definition) is 5. The Morgan fingerprint density at radius 3 is 2.62 bits per heavy atom. The van der Waals surface area contributed by atoms with Gasteiger partial charge >= 0.3 is 0 Å². The fourth-order valence-corrected chi connectivity index (χ4v) is 3.08. The Labute approximate surface area is 152 Å². The van der Waals surface area contributed by atoms with Gasteiger partial charge in [-0.15, -0.1) is 0 Å². The van der Waals surface area contributed by atoms with Crippen LogP contribution in [-0.4, -0.2) is 29.5 Å². The minimum absolute atomic E-state index is 0.0844. The number of rotatable bonds is 8. The lowest BCUT2D eigenvalue weighted by molar-refractivity contribution is -0.383. The summed E-state index contributed by atoms with van der Waals surface area (Å²) in [6.07, 6.45) is 0.936. The Bertz CT molecular complexity index is 924. The Balaban J connectivity index is 1.93. The molecule has 6 nitrogen and oxygen atoms in total. The molecule has 0 fully saturated rings. The maximum Gasteiger partial charge on any atom is 0.280 e. The predicted molar refractivity (Wildman–Crippen MR) is 107 cm³/mol. The van der Waals surface area contributed by atoms with Crippen molar-refractivity contribution in [1.82, 2.24) is 10.3 Å². The van der Waals surface area contributed by atoms with Crippen molar-refractivity contribution in [2.45, 2.75) is 20.3 Å². The lowest BCUT2D eigenvalue weighted by atomic mass is 10.1. The van der Waals surface area contributed by atoms with Gasteiger partial charge in [-0.1, -0.05) is 38.1 Å². The first-order valence-corrected chi connectivity index (χ1v) is 8.98. The smallest absolute Gasteiger partial charge is 0.280 e. The van der Waals surface area contributed by atoms with Crippen molar-refractivity contribution < 1.29 is 4.92 Å². The van der Waals surface area contributed by atoms with Crippen molar-refractivity contribution in [1.29, 1.82) is 0 Å². The molecule has 0 saturated heterocycles. The standard InChI is InChI=1S/C20H24N4O2/c1-14(2)13-21-11-6-12-22-20-15-7-3-4-8-16(15)23-17-9-5-10-18(19(17)20)24(25)26/h3-5,7-10,14,21H,6,11-13H2,1-2H3,(H,22,23). The normalized spacial score (nSPS) is 11.3. The summed E-state index contributed by atoms with van der Waals surface area (Å²) in [6.45, 7) is 7.00. The molecule has 0 atom stereocenters. The summed E-state index contributed by atoms with van der Waals surface area (Å²) in [6, 6.07) is 12.8. The van der Waals surface area contributed by atoms with Crippen LogP contribution in [-0.2, 0) is 0 Å². The van der Waals surface area contributed by atoms with Gasteiger partial charge < -0.3 is 10.6 Å². The number of nitro benzene ring substituents is 1. The molecule has 3 aromatic rings. The van der Waals surface area contributed by atoms with Crippen molar-refractivity contribution in [3.05, 3.63) is 52.6 Å². The van der Waals surface area contributed by atoms with Crippen molar-refractivity contribution in [2.24, 2.45) is 5.92 Å². The average molecular weight is 352 g/mol. The number of hydrogen-bond donors (Lipinski definition) is 2. The number of nitrogens with zero attached hydrogens (tertiary/aromatic N) is 2. The van der Waals surface area contributed by atoms with E-state index >= 15 is 0 Å². The van der Waals surface area contributed by atoms with Gasteiger partial charge in [0.2, 0.25) is 0 Å². The molecule has 0 saturated carbocycles. The summed E-state index contributed by atoms with van der Waals surface area (Å²) in [4.78, 5) is 15.8. The monoisotopic (exact) mass is 352 g/mol. The molecule has 0 amide bonds. The molecule has 0 bridgehead atoms. The van der Waals surface area contributed by atoms with E-state index in [1.54, 1.807) is 6.07 Å². The molecule has 2 N–H and O–H groups in total. The molecule has 1 aromatic heterocycles. The Morgan fingerprint density at radius 1 is 1.08 bits per heavy atom. The molecule has 0 unspecified atom stereocenters. The van der Waals surface area contributed by atoms with Crippen LogP contribution in [0.4, 0.5) is 11.4 Å². The molecule has 0 aliphatic heterocycles. The van der Waals surface area contributed by atoms with Crippen LogP contribution in [0.15, 0.2) is 42.5 Å². The Hall–Kier alpha value is -2.73. The van der Waals surface area contributed by atoms with Gasteiger partial charge in [-0.25, -0.2) is 4.98 Å². The molecule has 0 spiro atoms. The van der Waals surface area contributed by atoms with E-state index in [1.807, 2.05) is 30.3 Å². The molecule has 0 radical (unpaired) electrons. The molecule has 0 aliphatic rings. The maximum absolute atomic E-state index is 11.5. The fraction of sp³-hybridized carbons (Fsp3) is 0.350. The van der Waals surface area contributed by atoms with Crippen LogP contribution >= 0.6 is 0 Å². The van der Waals surface area contributed by atoms with Crippen LogP contribution in [0.25, 0.3) is 21.8 Å². The van der Waals surface area contributed by atoms with Crippen molar-refractivity contribution in [3.63, 3.8) is 0 Å². The molecule has 136 valence electrons. The predicted octanol–water partition coefficient (Wildman–Crippen LogP) is 4.34. The molecule has 3 rings (SSSR count). The van der Waals surface area contributed by atoms with Gasteiger partial charge in [-0.3, -0.25) is 10.1 Å². The van der Waals surface area contributed by atoms with E-state index in [0.717, 1.165) is 42.6 Å². The molecule has 1 heterocycles. The number of fused-ring (bicyclic) bond motifs is 2. The van der Waals surface area contributed by atoms with Crippen molar-refractivity contribution in [2.75, 3.05) is 25.0 Å². The van der Waals surface area contributed by atoms with E-state index in [9.17, 15) is 10.1 Å². The number of pyridine rings is 1. The first-order chi connectivity index (χ1) is 12.6. The summed E-state index contributed by atoms with van der Waals surface area (Å²) >= 11 is 0. The van der Waals surface area contributed by atoms with Gasteiger partial charge in [0.05, 0.1) is 21.6 Å². The highest BCUT2D eigenvalue weighted by Crippen LogP contribution is 2.36.